The van der Waals surface area contributed by atoms with E-state index in [0.29, 0.717) is 25.6 Å². The maximum Gasteiger partial charge on any atom is 0.243 e. The van der Waals surface area contributed by atoms with Crippen LogP contribution in [0.5, 0.6) is 0 Å². The molecule has 0 amide bonds. The van der Waals surface area contributed by atoms with Crippen molar-refractivity contribution in [3.63, 3.8) is 0 Å². The van der Waals surface area contributed by atoms with Crippen LogP contribution >= 0.6 is 0 Å². The van der Waals surface area contributed by atoms with Crippen LogP contribution in [-0.4, -0.2) is 53.9 Å². The van der Waals surface area contributed by atoms with Crippen LogP contribution in [0.4, 0.5) is 0 Å². The average molecular weight is 390 g/mol. The van der Waals surface area contributed by atoms with Crippen molar-refractivity contribution in [2.24, 2.45) is 5.92 Å². The highest BCUT2D eigenvalue weighted by atomic mass is 32.2. The Hall–Kier alpha value is -1.00. The SMILES string of the molecule is CCN(CC)S(=O)(=O)c1cccc(S(=O)(=O)NCCC2CCNC2)c1. The molecular formula is C16H27N3O4S2. The van der Waals surface area contributed by atoms with E-state index in [9.17, 15) is 16.8 Å². The fourth-order valence-electron chi connectivity index (χ4n) is 2.96. The molecule has 1 aromatic rings. The smallest absolute Gasteiger partial charge is 0.243 e. The van der Waals surface area contributed by atoms with Crippen LogP contribution in [0.15, 0.2) is 34.1 Å². The topological polar surface area (TPSA) is 95.6 Å². The Morgan fingerprint density at radius 3 is 2.44 bits per heavy atom. The summed E-state index contributed by atoms with van der Waals surface area (Å²) in [5, 5.41) is 3.25. The lowest BCUT2D eigenvalue weighted by atomic mass is 10.1. The molecule has 9 heteroatoms. The number of hydrogen-bond donors (Lipinski definition) is 2. The second-order valence-electron chi connectivity index (χ2n) is 6.11. The summed E-state index contributed by atoms with van der Waals surface area (Å²) in [6, 6.07) is 5.54. The molecule has 1 unspecified atom stereocenters. The van der Waals surface area contributed by atoms with Gasteiger partial charge in [-0.2, -0.15) is 4.31 Å². The number of hydrogen-bond acceptors (Lipinski definition) is 5. The first-order chi connectivity index (χ1) is 11.8. The predicted molar refractivity (Wildman–Crippen MR) is 97.3 cm³/mol. The second-order valence-corrected chi connectivity index (χ2v) is 9.81. The van der Waals surface area contributed by atoms with Crippen molar-refractivity contribution < 1.29 is 16.8 Å². The van der Waals surface area contributed by atoms with E-state index >= 15 is 0 Å². The lowest BCUT2D eigenvalue weighted by Gasteiger charge is -2.19. The zero-order valence-corrected chi connectivity index (χ0v) is 16.4. The average Bonchev–Trinajstić information content (AvgIpc) is 3.09. The van der Waals surface area contributed by atoms with Gasteiger partial charge in [-0.25, -0.2) is 21.6 Å². The van der Waals surface area contributed by atoms with Crippen molar-refractivity contribution in [3.8, 4) is 0 Å². The van der Waals surface area contributed by atoms with Gasteiger partial charge in [-0.15, -0.1) is 0 Å². The summed E-state index contributed by atoms with van der Waals surface area (Å²) in [6.45, 7) is 6.42. The van der Waals surface area contributed by atoms with Crippen LogP contribution in [-0.2, 0) is 20.0 Å². The summed E-state index contributed by atoms with van der Waals surface area (Å²) < 4.78 is 53.9. The van der Waals surface area contributed by atoms with Gasteiger partial charge in [0.2, 0.25) is 20.0 Å². The van der Waals surface area contributed by atoms with E-state index in [2.05, 4.69) is 10.0 Å². The molecule has 1 aromatic carbocycles. The quantitative estimate of drug-likeness (QED) is 0.657. The van der Waals surface area contributed by atoms with Gasteiger partial charge in [0.1, 0.15) is 0 Å². The summed E-state index contributed by atoms with van der Waals surface area (Å²) in [5.41, 5.74) is 0. The standard InChI is InChI=1S/C16H27N3O4S2/c1-3-19(4-2)25(22,23)16-7-5-6-15(12-16)24(20,21)18-11-9-14-8-10-17-13-14/h5-7,12,14,17-18H,3-4,8-11,13H2,1-2H3. The normalized spacial score (nSPS) is 18.8. The lowest BCUT2D eigenvalue weighted by Crippen LogP contribution is -2.31. The van der Waals surface area contributed by atoms with Gasteiger partial charge in [0, 0.05) is 19.6 Å². The van der Waals surface area contributed by atoms with Crippen molar-refractivity contribution in [1.29, 1.82) is 0 Å². The largest absolute Gasteiger partial charge is 0.316 e. The molecule has 0 aromatic heterocycles. The van der Waals surface area contributed by atoms with E-state index in [1.807, 2.05) is 0 Å². The minimum Gasteiger partial charge on any atom is -0.316 e. The van der Waals surface area contributed by atoms with Gasteiger partial charge < -0.3 is 5.32 Å². The van der Waals surface area contributed by atoms with Gasteiger partial charge >= 0.3 is 0 Å². The third kappa shape index (κ3) is 5.01. The van der Waals surface area contributed by atoms with Crippen molar-refractivity contribution in [2.75, 3.05) is 32.7 Å². The van der Waals surface area contributed by atoms with Crippen LogP contribution in [0, 0.1) is 5.92 Å². The Morgan fingerprint density at radius 1 is 1.16 bits per heavy atom. The first kappa shape index (κ1) is 20.3. The van der Waals surface area contributed by atoms with Gasteiger partial charge in [0.05, 0.1) is 9.79 Å². The monoisotopic (exact) mass is 389 g/mol. The molecule has 2 rings (SSSR count). The van der Waals surface area contributed by atoms with Gasteiger partial charge in [-0.05, 0) is 50.0 Å². The molecule has 1 saturated heterocycles. The van der Waals surface area contributed by atoms with E-state index in [1.165, 1.54) is 28.6 Å². The highest BCUT2D eigenvalue weighted by molar-refractivity contribution is 7.90. The number of benzene rings is 1. The zero-order valence-electron chi connectivity index (χ0n) is 14.7. The molecule has 0 bridgehead atoms. The van der Waals surface area contributed by atoms with Gasteiger partial charge in [-0.3, -0.25) is 0 Å². The molecule has 0 saturated carbocycles. The van der Waals surface area contributed by atoms with Crippen LogP contribution in [0.25, 0.3) is 0 Å². The molecule has 1 aliphatic heterocycles. The Labute approximate surface area is 150 Å². The molecule has 2 N–H and O–H groups in total. The van der Waals surface area contributed by atoms with Gasteiger partial charge in [0.25, 0.3) is 0 Å². The summed E-state index contributed by atoms with van der Waals surface area (Å²) in [7, 11) is -7.41. The van der Waals surface area contributed by atoms with Crippen molar-refractivity contribution in [1.82, 2.24) is 14.3 Å². The molecule has 1 heterocycles. The zero-order chi connectivity index (χ0) is 18.5. The van der Waals surface area contributed by atoms with Gasteiger partial charge in [0.15, 0.2) is 0 Å². The fourth-order valence-corrected chi connectivity index (χ4v) is 5.63. The first-order valence-electron chi connectivity index (χ1n) is 8.62. The Balaban J connectivity index is 2.13. The van der Waals surface area contributed by atoms with Crippen molar-refractivity contribution in [3.05, 3.63) is 24.3 Å². The molecule has 0 radical (unpaired) electrons. The molecule has 142 valence electrons. The fraction of sp³-hybridized carbons (Fsp3) is 0.625. The lowest BCUT2D eigenvalue weighted by molar-refractivity contribution is 0.445. The Morgan fingerprint density at radius 2 is 1.84 bits per heavy atom. The van der Waals surface area contributed by atoms with Crippen LogP contribution in [0.3, 0.4) is 0 Å². The van der Waals surface area contributed by atoms with E-state index in [0.717, 1.165) is 25.9 Å². The molecule has 1 fully saturated rings. The van der Waals surface area contributed by atoms with Crippen LogP contribution in [0.1, 0.15) is 26.7 Å². The van der Waals surface area contributed by atoms with Crippen molar-refractivity contribution in [2.45, 2.75) is 36.5 Å². The minimum absolute atomic E-state index is 0.000863. The molecule has 1 atom stereocenters. The molecule has 7 nitrogen and oxygen atoms in total. The maximum absolute atomic E-state index is 12.6. The van der Waals surface area contributed by atoms with E-state index in [1.54, 1.807) is 13.8 Å². The molecule has 1 aliphatic rings. The summed E-state index contributed by atoms with van der Waals surface area (Å²) in [6.07, 6.45) is 1.82. The Bertz CT molecular complexity index is 768. The van der Waals surface area contributed by atoms with E-state index < -0.39 is 20.0 Å². The van der Waals surface area contributed by atoms with Crippen LogP contribution < -0.4 is 10.0 Å². The molecule has 0 spiro atoms. The molecular weight excluding hydrogens is 362 g/mol. The molecule has 0 aliphatic carbocycles. The summed E-state index contributed by atoms with van der Waals surface area (Å²) in [4.78, 5) is -0.0238. The number of nitrogens with zero attached hydrogens (tertiary/aromatic N) is 1. The number of nitrogens with one attached hydrogen (secondary N) is 2. The molecule has 25 heavy (non-hydrogen) atoms. The second kappa shape index (κ2) is 8.59. The number of rotatable bonds is 9. The summed E-state index contributed by atoms with van der Waals surface area (Å²) >= 11 is 0. The third-order valence-corrected chi connectivity index (χ3v) is 7.97. The first-order valence-corrected chi connectivity index (χ1v) is 11.5. The minimum atomic E-state index is -3.73. The van der Waals surface area contributed by atoms with E-state index in [-0.39, 0.29) is 9.79 Å². The highest BCUT2D eigenvalue weighted by Gasteiger charge is 2.24. The van der Waals surface area contributed by atoms with Crippen LogP contribution in [0.2, 0.25) is 0 Å². The Kier molecular flexibility index (Phi) is 6.98. The highest BCUT2D eigenvalue weighted by Crippen LogP contribution is 2.20. The maximum atomic E-state index is 12.6. The van der Waals surface area contributed by atoms with Gasteiger partial charge in [-0.1, -0.05) is 19.9 Å². The number of sulfonamides is 2. The predicted octanol–water partition coefficient (Wildman–Crippen LogP) is 0.995. The van der Waals surface area contributed by atoms with Crippen molar-refractivity contribution >= 4 is 20.0 Å². The summed E-state index contributed by atoms with van der Waals surface area (Å²) in [5.74, 6) is 0.483. The third-order valence-electron chi connectivity index (χ3n) is 4.47. The van der Waals surface area contributed by atoms with E-state index in [4.69, 9.17) is 0 Å².